The summed E-state index contributed by atoms with van der Waals surface area (Å²) in [6.07, 6.45) is -0.716. The molecule has 0 aliphatic heterocycles. The number of carbonyl (C=O) groups excluding carboxylic acids is 2. The molecule has 12 N–H and O–H groups in total. The third-order valence-electron chi connectivity index (χ3n) is 4.21. The van der Waals surface area contributed by atoms with Gasteiger partial charge in [0.15, 0.2) is 11.6 Å². The molecular formula is C20H24N4O8. The van der Waals surface area contributed by atoms with Crippen molar-refractivity contribution in [3.8, 4) is 11.5 Å². The number of benzene rings is 2. The van der Waals surface area contributed by atoms with E-state index in [9.17, 15) is 29.4 Å². The molecular weight excluding hydrogens is 424 g/mol. The summed E-state index contributed by atoms with van der Waals surface area (Å²) in [4.78, 5) is 44.1. The van der Waals surface area contributed by atoms with Gasteiger partial charge in [0.1, 0.15) is 23.6 Å². The van der Waals surface area contributed by atoms with Gasteiger partial charge in [-0.05, 0) is 24.3 Å². The average molecular weight is 448 g/mol. The molecule has 1 unspecified atom stereocenters. The van der Waals surface area contributed by atoms with Crippen LogP contribution in [0, 0.1) is 0 Å². The zero-order chi connectivity index (χ0) is 24.6. The lowest BCUT2D eigenvalue weighted by molar-refractivity contribution is -0.139. The number of carbonyl (C=O) groups is 4. The number of ketones is 2. The molecule has 0 saturated heterocycles. The zero-order valence-electron chi connectivity index (χ0n) is 16.8. The van der Waals surface area contributed by atoms with E-state index >= 15 is 0 Å². The Morgan fingerprint density at radius 1 is 0.688 bits per heavy atom. The van der Waals surface area contributed by atoms with Gasteiger partial charge in [0.2, 0.25) is 0 Å². The molecule has 0 amide bonds. The Balaban J connectivity index is 0.000000320. The van der Waals surface area contributed by atoms with Crippen LogP contribution in [-0.4, -0.2) is 56.0 Å². The molecule has 0 fully saturated rings. The highest BCUT2D eigenvalue weighted by atomic mass is 16.4. The van der Waals surface area contributed by atoms with Gasteiger partial charge >= 0.3 is 11.9 Å². The number of carboxylic acids is 2. The molecule has 0 aliphatic carbocycles. The maximum Gasteiger partial charge on any atom is 0.320 e. The number of Topliss-reactive ketones (excluding diaryl/α,β-unsaturated/α-hetero) is 2. The van der Waals surface area contributed by atoms with E-state index in [1.807, 2.05) is 0 Å². The molecule has 0 aliphatic rings. The lowest BCUT2D eigenvalue weighted by Gasteiger charge is -2.08. The predicted octanol–water partition coefficient (Wildman–Crippen LogP) is -0.0818. The van der Waals surface area contributed by atoms with Crippen molar-refractivity contribution in [2.75, 3.05) is 11.5 Å². The second kappa shape index (κ2) is 11.3. The summed E-state index contributed by atoms with van der Waals surface area (Å²) in [6, 6.07) is 5.85. The summed E-state index contributed by atoms with van der Waals surface area (Å²) in [5, 5.41) is 35.6. The van der Waals surface area contributed by atoms with Gasteiger partial charge in [0.25, 0.3) is 0 Å². The largest absolute Gasteiger partial charge is 0.506 e. The number of nitrogens with two attached hydrogens (primary N) is 4. The Bertz CT molecular complexity index is 943. The van der Waals surface area contributed by atoms with Crippen molar-refractivity contribution in [2.45, 2.75) is 24.9 Å². The number of carboxylic acid groups (broad SMARTS) is 2. The number of nitrogen functional groups attached to an aromatic ring is 2. The number of phenols is 2. The van der Waals surface area contributed by atoms with E-state index in [0.717, 1.165) is 0 Å². The number of rotatable bonds is 8. The van der Waals surface area contributed by atoms with Gasteiger partial charge in [-0.15, -0.1) is 0 Å². The lowest BCUT2D eigenvalue weighted by Crippen LogP contribution is -2.32. The zero-order valence-corrected chi connectivity index (χ0v) is 16.8. The first kappa shape index (κ1) is 25.9. The van der Waals surface area contributed by atoms with Crippen molar-refractivity contribution in [2.24, 2.45) is 11.5 Å². The maximum absolute atomic E-state index is 11.6. The molecule has 172 valence electrons. The van der Waals surface area contributed by atoms with Crippen molar-refractivity contribution in [1.29, 1.82) is 0 Å². The highest BCUT2D eigenvalue weighted by Gasteiger charge is 2.20. The topological polar surface area (TPSA) is 253 Å². The molecule has 0 aromatic heterocycles. The predicted molar refractivity (Wildman–Crippen MR) is 114 cm³/mol. The molecule has 0 bridgehead atoms. The minimum atomic E-state index is -1.27. The number of aliphatic carboxylic acids is 2. The van der Waals surface area contributed by atoms with Gasteiger partial charge < -0.3 is 43.4 Å². The van der Waals surface area contributed by atoms with Crippen LogP contribution in [0.2, 0.25) is 0 Å². The Hall–Kier alpha value is -4.16. The maximum atomic E-state index is 11.6. The fourth-order valence-electron chi connectivity index (χ4n) is 2.39. The second-order valence-corrected chi connectivity index (χ2v) is 6.62. The number of aromatic hydroxyl groups is 2. The molecule has 0 spiro atoms. The van der Waals surface area contributed by atoms with Crippen LogP contribution < -0.4 is 22.9 Å². The molecule has 2 aromatic carbocycles. The van der Waals surface area contributed by atoms with E-state index in [0.29, 0.717) is 0 Å². The number of para-hydroxylation sites is 2. The van der Waals surface area contributed by atoms with E-state index < -0.39 is 35.6 Å². The van der Waals surface area contributed by atoms with Gasteiger partial charge in [-0.1, -0.05) is 12.1 Å². The molecule has 0 heterocycles. The van der Waals surface area contributed by atoms with Gasteiger partial charge in [-0.25, -0.2) is 0 Å². The Morgan fingerprint density at radius 2 is 1.00 bits per heavy atom. The third kappa shape index (κ3) is 6.97. The monoisotopic (exact) mass is 448 g/mol. The van der Waals surface area contributed by atoms with Crippen LogP contribution in [0.15, 0.2) is 36.4 Å². The quantitative estimate of drug-likeness (QED) is 0.150. The van der Waals surface area contributed by atoms with Crippen molar-refractivity contribution in [1.82, 2.24) is 0 Å². The van der Waals surface area contributed by atoms with Crippen molar-refractivity contribution < 1.29 is 39.6 Å². The van der Waals surface area contributed by atoms with Crippen LogP contribution in [0.25, 0.3) is 0 Å². The van der Waals surface area contributed by atoms with E-state index in [-0.39, 0.29) is 46.8 Å². The van der Waals surface area contributed by atoms with Crippen molar-refractivity contribution in [3.05, 3.63) is 47.5 Å². The number of phenolic OH excluding ortho intramolecular Hbond substituents is 2. The second-order valence-electron chi connectivity index (χ2n) is 6.62. The van der Waals surface area contributed by atoms with E-state index in [2.05, 4.69) is 0 Å². The Labute approximate surface area is 182 Å². The molecule has 0 saturated carbocycles. The first-order valence-electron chi connectivity index (χ1n) is 9.04. The minimum absolute atomic E-state index is 0.0647. The Morgan fingerprint density at radius 3 is 1.28 bits per heavy atom. The standard InChI is InChI=1S/2C10H12N2O4/c2*11-6(10(15)16)4-8(14)5-2-1-3-7(13)9(5)12/h2*1-3,6,13H,4,11-12H2,(H,15,16)/t6-;/m0./s1. The van der Waals surface area contributed by atoms with Crippen LogP contribution in [0.5, 0.6) is 11.5 Å². The number of hydrogen-bond donors (Lipinski definition) is 8. The summed E-state index contributed by atoms with van der Waals surface area (Å²) in [5.41, 5.74) is 21.4. The van der Waals surface area contributed by atoms with Crippen molar-refractivity contribution in [3.63, 3.8) is 0 Å². The number of anilines is 2. The van der Waals surface area contributed by atoms with Gasteiger partial charge in [-0.3, -0.25) is 19.2 Å². The van der Waals surface area contributed by atoms with Crippen LogP contribution in [0.3, 0.4) is 0 Å². The molecule has 2 rings (SSSR count). The van der Waals surface area contributed by atoms with E-state index in [1.54, 1.807) is 0 Å². The summed E-state index contributed by atoms with van der Waals surface area (Å²) in [7, 11) is 0. The third-order valence-corrected chi connectivity index (χ3v) is 4.21. The van der Waals surface area contributed by atoms with Crippen LogP contribution in [0.4, 0.5) is 11.4 Å². The SMILES string of the molecule is Nc1c(O)cccc1C(=O)CC(N)C(=O)O.Nc1c(O)cccc1C(=O)C[C@H](N)C(=O)O. The summed E-state index contributed by atoms with van der Waals surface area (Å²) in [5.74, 6) is -3.96. The van der Waals surface area contributed by atoms with Gasteiger partial charge in [0, 0.05) is 24.0 Å². The van der Waals surface area contributed by atoms with Crippen molar-refractivity contribution >= 4 is 34.9 Å². The minimum Gasteiger partial charge on any atom is -0.506 e. The fourth-order valence-corrected chi connectivity index (χ4v) is 2.39. The molecule has 2 aromatic rings. The first-order chi connectivity index (χ1) is 14.9. The average Bonchev–Trinajstić information content (AvgIpc) is 2.72. The molecule has 12 nitrogen and oxygen atoms in total. The van der Waals surface area contributed by atoms with Crippen LogP contribution in [-0.2, 0) is 9.59 Å². The smallest absolute Gasteiger partial charge is 0.320 e. The summed E-state index contributed by atoms with van der Waals surface area (Å²) >= 11 is 0. The van der Waals surface area contributed by atoms with Crippen LogP contribution in [0.1, 0.15) is 33.6 Å². The highest BCUT2D eigenvalue weighted by Crippen LogP contribution is 2.25. The molecule has 12 heteroatoms. The highest BCUT2D eigenvalue weighted by molar-refractivity contribution is 6.04. The normalized spacial score (nSPS) is 12.1. The summed E-state index contributed by atoms with van der Waals surface area (Å²) < 4.78 is 0. The lowest BCUT2D eigenvalue weighted by atomic mass is 10.0. The van der Waals surface area contributed by atoms with Gasteiger partial charge in [-0.2, -0.15) is 0 Å². The first-order valence-corrected chi connectivity index (χ1v) is 9.04. The van der Waals surface area contributed by atoms with Gasteiger partial charge in [0.05, 0.1) is 11.4 Å². The van der Waals surface area contributed by atoms with E-state index in [4.69, 9.17) is 33.1 Å². The Kier molecular flexibility index (Phi) is 9.13. The fraction of sp³-hybridized carbons (Fsp3) is 0.200. The van der Waals surface area contributed by atoms with E-state index in [1.165, 1.54) is 36.4 Å². The molecule has 2 atom stereocenters. The molecule has 0 radical (unpaired) electrons. The van der Waals surface area contributed by atoms with Crippen LogP contribution >= 0.6 is 0 Å². The number of hydrogen-bond acceptors (Lipinski definition) is 10. The summed E-state index contributed by atoms with van der Waals surface area (Å²) in [6.45, 7) is 0. The molecule has 32 heavy (non-hydrogen) atoms.